The Labute approximate surface area is 117 Å². The Kier molecular flexibility index (Phi) is 3.34. The molecule has 2 aliphatic heterocycles. The summed E-state index contributed by atoms with van der Waals surface area (Å²) in [6, 6.07) is 7.51. The van der Waals surface area contributed by atoms with E-state index in [0.717, 1.165) is 24.1 Å². The van der Waals surface area contributed by atoms with Crippen LogP contribution in [0, 0.1) is 0 Å². The second kappa shape index (κ2) is 5.15. The quantitative estimate of drug-likeness (QED) is 0.876. The monoisotopic (exact) mass is 274 g/mol. The highest BCUT2D eigenvalue weighted by Gasteiger charge is 2.36. The lowest BCUT2D eigenvalue weighted by molar-refractivity contribution is -0.140. The van der Waals surface area contributed by atoms with Crippen molar-refractivity contribution in [2.45, 2.75) is 37.8 Å². The molecule has 2 heterocycles. The third-order valence-corrected chi connectivity index (χ3v) is 4.14. The molecule has 1 amide bonds. The van der Waals surface area contributed by atoms with Crippen LogP contribution >= 0.6 is 0 Å². The van der Waals surface area contributed by atoms with Gasteiger partial charge in [-0.2, -0.15) is 0 Å². The van der Waals surface area contributed by atoms with Gasteiger partial charge in [0.15, 0.2) is 0 Å². The minimum absolute atomic E-state index is 0.0324. The van der Waals surface area contributed by atoms with E-state index in [4.69, 9.17) is 5.11 Å². The number of likely N-dealkylation sites (tertiary alicyclic amines) is 1. The summed E-state index contributed by atoms with van der Waals surface area (Å²) in [5.74, 6) is -0.803. The van der Waals surface area contributed by atoms with E-state index in [-0.39, 0.29) is 24.4 Å². The van der Waals surface area contributed by atoms with Gasteiger partial charge in [0, 0.05) is 24.7 Å². The number of nitrogens with one attached hydrogen (secondary N) is 1. The van der Waals surface area contributed by atoms with Crippen molar-refractivity contribution in [3.63, 3.8) is 0 Å². The number of rotatable bonds is 3. The first-order chi connectivity index (χ1) is 9.65. The average Bonchev–Trinajstić information content (AvgIpc) is 3.03. The van der Waals surface area contributed by atoms with Crippen molar-refractivity contribution in [2.24, 2.45) is 0 Å². The van der Waals surface area contributed by atoms with Crippen LogP contribution in [0.1, 0.15) is 24.8 Å². The van der Waals surface area contributed by atoms with Crippen LogP contribution in [0.2, 0.25) is 0 Å². The molecule has 0 spiro atoms. The number of carbonyl (C=O) groups is 2. The molecule has 0 bridgehead atoms. The fourth-order valence-corrected chi connectivity index (χ4v) is 3.19. The van der Waals surface area contributed by atoms with Crippen molar-refractivity contribution in [1.82, 2.24) is 4.90 Å². The van der Waals surface area contributed by atoms with Crippen molar-refractivity contribution in [2.75, 3.05) is 11.9 Å². The molecule has 5 nitrogen and oxygen atoms in total. The Morgan fingerprint density at radius 1 is 1.35 bits per heavy atom. The van der Waals surface area contributed by atoms with E-state index in [0.29, 0.717) is 13.0 Å². The summed E-state index contributed by atoms with van der Waals surface area (Å²) in [6.45, 7) is 0.672. The first-order valence-electron chi connectivity index (χ1n) is 7.02. The molecule has 1 fully saturated rings. The lowest BCUT2D eigenvalue weighted by atomic mass is 10.1. The molecule has 1 aromatic rings. The molecule has 3 rings (SSSR count). The van der Waals surface area contributed by atoms with Gasteiger partial charge in [-0.3, -0.25) is 9.59 Å². The van der Waals surface area contributed by atoms with Crippen LogP contribution in [-0.4, -0.2) is 40.5 Å². The van der Waals surface area contributed by atoms with Gasteiger partial charge >= 0.3 is 5.97 Å². The van der Waals surface area contributed by atoms with Gasteiger partial charge in [-0.25, -0.2) is 0 Å². The summed E-state index contributed by atoms with van der Waals surface area (Å²) < 4.78 is 0. The van der Waals surface area contributed by atoms with Gasteiger partial charge in [-0.15, -0.1) is 0 Å². The van der Waals surface area contributed by atoms with Crippen LogP contribution in [0.25, 0.3) is 0 Å². The van der Waals surface area contributed by atoms with Crippen molar-refractivity contribution in [3.8, 4) is 0 Å². The molecule has 2 atom stereocenters. The Hall–Kier alpha value is -2.04. The maximum Gasteiger partial charge on any atom is 0.305 e. The zero-order chi connectivity index (χ0) is 14.1. The van der Waals surface area contributed by atoms with Gasteiger partial charge in [-0.05, 0) is 24.5 Å². The molecule has 106 valence electrons. The number of hydrogen-bond donors (Lipinski definition) is 2. The number of fused-ring (bicyclic) bond motifs is 1. The molecule has 0 radical (unpaired) electrons. The molecular weight excluding hydrogens is 256 g/mol. The molecule has 1 aromatic carbocycles. The normalized spacial score (nSPS) is 24.3. The highest BCUT2D eigenvalue weighted by atomic mass is 16.4. The van der Waals surface area contributed by atoms with E-state index >= 15 is 0 Å². The van der Waals surface area contributed by atoms with E-state index in [2.05, 4.69) is 5.32 Å². The molecule has 1 saturated heterocycles. The standard InChI is InChI=1S/C15H18N2O3/c18-14(19)9-11-5-3-7-17(11)15(20)13-8-10-4-1-2-6-12(10)16-13/h1-2,4,6,11,13,16H,3,5,7-9H2,(H,18,19). The summed E-state index contributed by atoms with van der Waals surface area (Å²) in [5.41, 5.74) is 2.17. The second-order valence-corrected chi connectivity index (χ2v) is 5.48. The van der Waals surface area contributed by atoms with Crippen molar-refractivity contribution >= 4 is 17.6 Å². The van der Waals surface area contributed by atoms with Crippen LogP contribution in [0.4, 0.5) is 5.69 Å². The number of amides is 1. The van der Waals surface area contributed by atoms with Gasteiger partial charge < -0.3 is 15.3 Å². The van der Waals surface area contributed by atoms with E-state index in [9.17, 15) is 9.59 Å². The fraction of sp³-hybridized carbons (Fsp3) is 0.467. The summed E-state index contributed by atoms with van der Waals surface area (Å²) in [5, 5.41) is 12.2. The SMILES string of the molecule is O=C(O)CC1CCCN1C(=O)C1Cc2ccccc2N1. The fourth-order valence-electron chi connectivity index (χ4n) is 3.19. The maximum atomic E-state index is 12.6. The van der Waals surface area contributed by atoms with Gasteiger partial charge in [0.1, 0.15) is 6.04 Å². The number of para-hydroxylation sites is 1. The number of carboxylic acid groups (broad SMARTS) is 1. The predicted octanol–water partition coefficient (Wildman–Crippen LogP) is 1.49. The van der Waals surface area contributed by atoms with Crippen LogP contribution in [-0.2, 0) is 16.0 Å². The Balaban J connectivity index is 1.69. The molecule has 2 N–H and O–H groups in total. The summed E-state index contributed by atoms with van der Waals surface area (Å²) in [7, 11) is 0. The zero-order valence-electron chi connectivity index (χ0n) is 11.2. The Bertz CT molecular complexity index is 519. The van der Waals surface area contributed by atoms with Gasteiger partial charge in [0.2, 0.25) is 5.91 Å². The molecule has 0 saturated carbocycles. The number of carboxylic acids is 1. The molecule has 2 unspecified atom stereocenters. The first kappa shape index (κ1) is 13.0. The van der Waals surface area contributed by atoms with Crippen molar-refractivity contribution < 1.29 is 14.7 Å². The number of aliphatic carboxylic acids is 1. The smallest absolute Gasteiger partial charge is 0.305 e. The molecular formula is C15H18N2O3. The lowest BCUT2D eigenvalue weighted by Crippen LogP contribution is -2.45. The molecule has 5 heteroatoms. The zero-order valence-corrected chi connectivity index (χ0v) is 11.2. The molecule has 0 aliphatic carbocycles. The number of carbonyl (C=O) groups excluding carboxylic acids is 1. The van der Waals surface area contributed by atoms with Crippen molar-refractivity contribution in [1.29, 1.82) is 0 Å². The second-order valence-electron chi connectivity index (χ2n) is 5.48. The van der Waals surface area contributed by atoms with Gasteiger partial charge in [-0.1, -0.05) is 18.2 Å². The number of nitrogens with zero attached hydrogens (tertiary/aromatic N) is 1. The molecule has 20 heavy (non-hydrogen) atoms. The number of anilines is 1. The molecule has 2 aliphatic rings. The maximum absolute atomic E-state index is 12.6. The topological polar surface area (TPSA) is 69.6 Å². The summed E-state index contributed by atoms with van der Waals surface area (Å²) in [4.78, 5) is 25.2. The third-order valence-electron chi connectivity index (χ3n) is 4.14. The average molecular weight is 274 g/mol. The van der Waals surface area contributed by atoms with Crippen LogP contribution < -0.4 is 5.32 Å². The van der Waals surface area contributed by atoms with E-state index in [1.54, 1.807) is 4.90 Å². The van der Waals surface area contributed by atoms with Gasteiger partial charge in [0.05, 0.1) is 6.42 Å². The van der Waals surface area contributed by atoms with E-state index in [1.807, 2.05) is 24.3 Å². The lowest BCUT2D eigenvalue weighted by Gasteiger charge is -2.26. The highest BCUT2D eigenvalue weighted by molar-refractivity contribution is 5.88. The Morgan fingerprint density at radius 2 is 2.15 bits per heavy atom. The van der Waals surface area contributed by atoms with E-state index in [1.165, 1.54) is 0 Å². The number of benzene rings is 1. The third kappa shape index (κ3) is 2.35. The predicted molar refractivity (Wildman–Crippen MR) is 74.5 cm³/mol. The van der Waals surface area contributed by atoms with Crippen LogP contribution in [0.3, 0.4) is 0 Å². The van der Waals surface area contributed by atoms with Crippen LogP contribution in [0.5, 0.6) is 0 Å². The van der Waals surface area contributed by atoms with Crippen molar-refractivity contribution in [3.05, 3.63) is 29.8 Å². The minimum Gasteiger partial charge on any atom is -0.481 e. The largest absolute Gasteiger partial charge is 0.481 e. The number of hydrogen-bond acceptors (Lipinski definition) is 3. The highest BCUT2D eigenvalue weighted by Crippen LogP contribution is 2.28. The Morgan fingerprint density at radius 3 is 2.90 bits per heavy atom. The van der Waals surface area contributed by atoms with Gasteiger partial charge in [0.25, 0.3) is 0 Å². The first-order valence-corrected chi connectivity index (χ1v) is 7.02. The summed E-state index contributed by atoms with van der Waals surface area (Å²) >= 11 is 0. The van der Waals surface area contributed by atoms with E-state index < -0.39 is 5.97 Å². The van der Waals surface area contributed by atoms with Crippen LogP contribution in [0.15, 0.2) is 24.3 Å². The molecule has 0 aromatic heterocycles. The summed E-state index contributed by atoms with van der Waals surface area (Å²) in [6.07, 6.45) is 2.41. The minimum atomic E-state index is -0.836.